The van der Waals surface area contributed by atoms with Crippen LogP contribution in [-0.4, -0.2) is 17.6 Å². The second-order valence-corrected chi connectivity index (χ2v) is 6.06. The first kappa shape index (κ1) is 12.9. The first-order valence-corrected chi connectivity index (χ1v) is 6.48. The van der Waals surface area contributed by atoms with Gasteiger partial charge in [0.25, 0.3) is 0 Å². The molecule has 1 unspecified atom stereocenters. The minimum absolute atomic E-state index is 0.0975. The van der Waals surface area contributed by atoms with Gasteiger partial charge in [0, 0.05) is 12.2 Å². The van der Waals surface area contributed by atoms with E-state index in [0.29, 0.717) is 0 Å². The second-order valence-electron chi connectivity index (χ2n) is 6.06. The molecule has 1 aromatic rings. The molecule has 3 nitrogen and oxygen atoms in total. The molecule has 0 aliphatic carbocycles. The van der Waals surface area contributed by atoms with Gasteiger partial charge >= 0.3 is 5.97 Å². The maximum Gasteiger partial charge on any atom is 0.303 e. The van der Waals surface area contributed by atoms with Crippen molar-refractivity contribution in [3.8, 4) is 0 Å². The molecule has 18 heavy (non-hydrogen) atoms. The lowest BCUT2D eigenvalue weighted by molar-refractivity contribution is -0.137. The molecule has 0 radical (unpaired) electrons. The van der Waals surface area contributed by atoms with Crippen LogP contribution in [0.1, 0.15) is 50.7 Å². The maximum atomic E-state index is 10.9. The van der Waals surface area contributed by atoms with Crippen LogP contribution in [0.3, 0.4) is 0 Å². The Kier molecular flexibility index (Phi) is 3.33. The predicted molar refractivity (Wildman–Crippen MR) is 73.2 cm³/mol. The van der Waals surface area contributed by atoms with Crippen LogP contribution in [-0.2, 0) is 10.2 Å². The minimum Gasteiger partial charge on any atom is -0.481 e. The van der Waals surface area contributed by atoms with Gasteiger partial charge in [-0.2, -0.15) is 0 Å². The fraction of sp³-hybridized carbons (Fsp3) is 0.533. The van der Waals surface area contributed by atoms with Gasteiger partial charge in [0.05, 0.1) is 6.42 Å². The van der Waals surface area contributed by atoms with Gasteiger partial charge in [0.15, 0.2) is 0 Å². The van der Waals surface area contributed by atoms with Gasteiger partial charge in [-0.3, -0.25) is 4.79 Å². The summed E-state index contributed by atoms with van der Waals surface area (Å²) < 4.78 is 0. The highest BCUT2D eigenvalue weighted by atomic mass is 16.4. The number of hydrogen-bond acceptors (Lipinski definition) is 2. The van der Waals surface area contributed by atoms with Gasteiger partial charge in [-0.25, -0.2) is 0 Å². The molecule has 0 aromatic heterocycles. The van der Waals surface area contributed by atoms with Gasteiger partial charge < -0.3 is 10.4 Å². The molecule has 0 bridgehead atoms. The van der Waals surface area contributed by atoms with Crippen molar-refractivity contribution < 1.29 is 9.90 Å². The Morgan fingerprint density at radius 3 is 2.78 bits per heavy atom. The number of aliphatic carboxylic acids is 1. The van der Waals surface area contributed by atoms with Crippen molar-refractivity contribution in [2.45, 2.75) is 44.9 Å². The Hall–Kier alpha value is -1.51. The first-order chi connectivity index (χ1) is 8.38. The number of carboxylic acid groups (broad SMARTS) is 1. The number of carboxylic acids is 1. The van der Waals surface area contributed by atoms with Crippen molar-refractivity contribution in [1.29, 1.82) is 0 Å². The molecular weight excluding hydrogens is 226 g/mol. The average Bonchev–Trinajstić information content (AvgIpc) is 2.27. The average molecular weight is 247 g/mol. The third kappa shape index (κ3) is 2.66. The van der Waals surface area contributed by atoms with Gasteiger partial charge in [0.1, 0.15) is 0 Å². The van der Waals surface area contributed by atoms with Crippen LogP contribution < -0.4 is 5.32 Å². The van der Waals surface area contributed by atoms with E-state index < -0.39 is 5.97 Å². The van der Waals surface area contributed by atoms with Crippen molar-refractivity contribution >= 4 is 11.7 Å². The number of hydrogen-bond donors (Lipinski definition) is 2. The lowest BCUT2D eigenvalue weighted by atomic mass is 9.81. The van der Waals surface area contributed by atoms with Crippen LogP contribution in [0.2, 0.25) is 0 Å². The van der Waals surface area contributed by atoms with Gasteiger partial charge in [-0.1, -0.05) is 32.9 Å². The Morgan fingerprint density at radius 2 is 2.17 bits per heavy atom. The summed E-state index contributed by atoms with van der Waals surface area (Å²) in [6.07, 6.45) is 1.12. The predicted octanol–water partition coefficient (Wildman–Crippen LogP) is 3.36. The summed E-state index contributed by atoms with van der Waals surface area (Å²) in [5.41, 5.74) is 3.62. The van der Waals surface area contributed by atoms with Crippen LogP contribution in [0.5, 0.6) is 0 Å². The molecule has 1 aromatic carbocycles. The molecule has 3 heteroatoms. The van der Waals surface area contributed by atoms with Crippen molar-refractivity contribution in [2.24, 2.45) is 0 Å². The molecule has 0 saturated carbocycles. The molecule has 1 aliphatic heterocycles. The molecule has 1 heterocycles. The Bertz CT molecular complexity index is 460. The van der Waals surface area contributed by atoms with Crippen LogP contribution in [0.25, 0.3) is 0 Å². The number of fused-ring (bicyclic) bond motifs is 1. The minimum atomic E-state index is -0.714. The number of nitrogens with one attached hydrogen (secondary N) is 1. The standard InChI is InChI=1S/C15H21NO2/c1-15(2,3)11-4-5-13-12(9-11)10(6-7-16-13)8-14(17)18/h4-5,9-10,16H,6-8H2,1-3H3,(H,17,18). The van der Waals surface area contributed by atoms with Gasteiger partial charge in [-0.15, -0.1) is 0 Å². The molecular formula is C15H21NO2. The summed E-state index contributed by atoms with van der Waals surface area (Å²) in [4.78, 5) is 10.9. The lowest BCUT2D eigenvalue weighted by Gasteiger charge is -2.28. The van der Waals surface area contributed by atoms with Crippen molar-refractivity contribution in [3.05, 3.63) is 29.3 Å². The van der Waals surface area contributed by atoms with Gasteiger partial charge in [0.2, 0.25) is 0 Å². The van der Waals surface area contributed by atoms with Crippen LogP contribution in [0, 0.1) is 0 Å². The Labute approximate surface area is 108 Å². The summed E-state index contributed by atoms with van der Waals surface area (Å²) in [7, 11) is 0. The summed E-state index contributed by atoms with van der Waals surface area (Å²) >= 11 is 0. The van der Waals surface area contributed by atoms with E-state index in [2.05, 4.69) is 44.3 Å². The Balaban J connectivity index is 2.38. The van der Waals surface area contributed by atoms with E-state index in [0.717, 1.165) is 24.2 Å². The normalized spacial score (nSPS) is 18.9. The van der Waals surface area contributed by atoms with E-state index in [1.54, 1.807) is 0 Å². The summed E-state index contributed by atoms with van der Waals surface area (Å²) in [5, 5.41) is 12.4. The van der Waals surface area contributed by atoms with Crippen LogP contribution in [0.15, 0.2) is 18.2 Å². The zero-order chi connectivity index (χ0) is 13.3. The molecule has 0 fully saturated rings. The second kappa shape index (κ2) is 4.63. The highest BCUT2D eigenvalue weighted by Crippen LogP contribution is 2.36. The smallest absolute Gasteiger partial charge is 0.303 e. The van der Waals surface area contributed by atoms with E-state index in [1.807, 2.05) is 0 Å². The monoisotopic (exact) mass is 247 g/mol. The highest BCUT2D eigenvalue weighted by molar-refractivity contribution is 5.69. The largest absolute Gasteiger partial charge is 0.481 e. The molecule has 0 spiro atoms. The van der Waals surface area contributed by atoms with E-state index in [9.17, 15) is 4.79 Å². The molecule has 0 amide bonds. The molecule has 2 rings (SSSR count). The Morgan fingerprint density at radius 1 is 1.44 bits per heavy atom. The van der Waals surface area contributed by atoms with Crippen molar-refractivity contribution in [1.82, 2.24) is 0 Å². The summed E-state index contributed by atoms with van der Waals surface area (Å²) in [6.45, 7) is 7.39. The van der Waals surface area contributed by atoms with Crippen LogP contribution >= 0.6 is 0 Å². The molecule has 98 valence electrons. The SMILES string of the molecule is CC(C)(C)c1ccc2c(c1)C(CC(=O)O)CCN2. The fourth-order valence-corrected chi connectivity index (χ4v) is 2.49. The number of rotatable bonds is 2. The third-order valence-electron chi connectivity index (χ3n) is 3.59. The maximum absolute atomic E-state index is 10.9. The van der Waals surface area contributed by atoms with Crippen molar-refractivity contribution in [2.75, 3.05) is 11.9 Å². The molecule has 1 aliphatic rings. The molecule has 2 N–H and O–H groups in total. The van der Waals surface area contributed by atoms with Gasteiger partial charge in [-0.05, 0) is 34.9 Å². The highest BCUT2D eigenvalue weighted by Gasteiger charge is 2.24. The van der Waals surface area contributed by atoms with Crippen LogP contribution in [0.4, 0.5) is 5.69 Å². The van der Waals surface area contributed by atoms with Crippen molar-refractivity contribution in [3.63, 3.8) is 0 Å². The summed E-state index contributed by atoms with van der Waals surface area (Å²) in [5.74, 6) is -0.574. The zero-order valence-electron chi connectivity index (χ0n) is 11.3. The zero-order valence-corrected chi connectivity index (χ0v) is 11.3. The molecule has 0 saturated heterocycles. The number of anilines is 1. The topological polar surface area (TPSA) is 49.3 Å². The van der Waals surface area contributed by atoms with E-state index in [4.69, 9.17) is 5.11 Å². The lowest BCUT2D eigenvalue weighted by Crippen LogP contribution is -2.20. The first-order valence-electron chi connectivity index (χ1n) is 6.48. The van der Waals surface area contributed by atoms with E-state index >= 15 is 0 Å². The number of carbonyl (C=O) groups is 1. The molecule has 1 atom stereocenters. The number of benzene rings is 1. The van der Waals surface area contributed by atoms with E-state index in [-0.39, 0.29) is 17.8 Å². The fourth-order valence-electron chi connectivity index (χ4n) is 2.49. The summed E-state index contributed by atoms with van der Waals surface area (Å²) in [6, 6.07) is 6.40. The quantitative estimate of drug-likeness (QED) is 0.842. The third-order valence-corrected chi connectivity index (χ3v) is 3.59. The van der Waals surface area contributed by atoms with E-state index in [1.165, 1.54) is 5.56 Å².